The van der Waals surface area contributed by atoms with Gasteiger partial charge in [-0.15, -0.1) is 0 Å². The molecule has 2 aromatic rings. The molecule has 10 heteroatoms. The minimum Gasteiger partial charge on any atom is -0.507 e. The number of carbonyl (C=O) groups excluding carboxylic acids is 2. The Hall–Kier alpha value is -3.47. The number of benzene rings is 2. The molecule has 0 bridgehead atoms. The molecule has 32 heavy (non-hydrogen) atoms. The first-order valence-corrected chi connectivity index (χ1v) is 9.75. The molecule has 6 N–H and O–H groups in total. The second kappa shape index (κ2) is 7.30. The Morgan fingerprint density at radius 3 is 2.28 bits per heavy atom. The Labute approximate surface area is 180 Å². The van der Waals surface area contributed by atoms with E-state index in [0.29, 0.717) is 0 Å². The number of carbonyl (C=O) groups is 3. The molecule has 1 heterocycles. The van der Waals surface area contributed by atoms with Crippen molar-refractivity contribution >= 4 is 17.5 Å². The highest BCUT2D eigenvalue weighted by atomic mass is 16.5. The molecular weight excluding hydrogens is 424 g/mol. The van der Waals surface area contributed by atoms with Crippen molar-refractivity contribution in [2.45, 2.75) is 44.7 Å². The van der Waals surface area contributed by atoms with Gasteiger partial charge in [0.05, 0.1) is 23.3 Å². The fourth-order valence-corrected chi connectivity index (χ4v) is 4.47. The maximum atomic E-state index is 13.3. The lowest BCUT2D eigenvalue weighted by Gasteiger charge is -2.37. The monoisotopic (exact) mass is 444 g/mol. The summed E-state index contributed by atoms with van der Waals surface area (Å²) in [5.74, 6) is -5.50. The van der Waals surface area contributed by atoms with E-state index in [-0.39, 0.29) is 28.7 Å². The van der Waals surface area contributed by atoms with Crippen LogP contribution in [0.15, 0.2) is 12.1 Å². The zero-order chi connectivity index (χ0) is 23.6. The molecule has 1 aliphatic carbocycles. The molecule has 1 aliphatic heterocycles. The third kappa shape index (κ3) is 2.95. The molecule has 0 radical (unpaired) electrons. The normalized spacial score (nSPS) is 24.8. The maximum Gasteiger partial charge on any atom is 0.339 e. The van der Waals surface area contributed by atoms with Crippen LogP contribution in [0.25, 0.3) is 0 Å². The summed E-state index contributed by atoms with van der Waals surface area (Å²) in [6.07, 6.45) is -4.36. The van der Waals surface area contributed by atoms with Crippen molar-refractivity contribution < 1.29 is 49.8 Å². The first kappa shape index (κ1) is 21.8. The van der Waals surface area contributed by atoms with Crippen molar-refractivity contribution in [1.82, 2.24) is 0 Å². The van der Waals surface area contributed by atoms with Crippen molar-refractivity contribution in [3.63, 3.8) is 0 Å². The summed E-state index contributed by atoms with van der Waals surface area (Å²) in [4.78, 5) is 37.9. The molecule has 0 spiro atoms. The fraction of sp³-hybridized carbons (Fsp3) is 0.318. The van der Waals surface area contributed by atoms with Gasteiger partial charge in [0.15, 0.2) is 11.6 Å². The number of aliphatic hydroxyl groups is 2. The quantitative estimate of drug-likeness (QED) is 0.314. The summed E-state index contributed by atoms with van der Waals surface area (Å²) in [5.41, 5.74) is -2.71. The van der Waals surface area contributed by atoms with Gasteiger partial charge in [0, 0.05) is 23.1 Å². The van der Waals surface area contributed by atoms with E-state index in [4.69, 9.17) is 4.74 Å². The Morgan fingerprint density at radius 1 is 1.00 bits per heavy atom. The van der Waals surface area contributed by atoms with Crippen LogP contribution >= 0.6 is 0 Å². The minimum atomic E-state index is -1.52. The molecule has 2 aromatic carbocycles. The zero-order valence-corrected chi connectivity index (χ0v) is 17.0. The van der Waals surface area contributed by atoms with Gasteiger partial charge in [-0.3, -0.25) is 9.59 Å². The van der Waals surface area contributed by atoms with Crippen LogP contribution < -0.4 is 0 Å². The smallest absolute Gasteiger partial charge is 0.339 e. The number of aromatic carboxylic acids is 1. The van der Waals surface area contributed by atoms with Crippen LogP contribution in [0.4, 0.5) is 0 Å². The van der Waals surface area contributed by atoms with Crippen molar-refractivity contribution in [3.8, 4) is 17.2 Å². The minimum absolute atomic E-state index is 0.126. The van der Waals surface area contributed by atoms with Gasteiger partial charge in [-0.1, -0.05) is 0 Å². The van der Waals surface area contributed by atoms with Crippen molar-refractivity contribution in [2.24, 2.45) is 0 Å². The molecule has 2 aliphatic rings. The lowest BCUT2D eigenvalue weighted by atomic mass is 9.78. The van der Waals surface area contributed by atoms with E-state index in [1.165, 1.54) is 6.92 Å². The number of aromatic hydroxyl groups is 3. The van der Waals surface area contributed by atoms with Gasteiger partial charge in [-0.2, -0.15) is 0 Å². The highest BCUT2D eigenvalue weighted by molar-refractivity contribution is 6.31. The van der Waals surface area contributed by atoms with Crippen molar-refractivity contribution in [3.05, 3.63) is 51.1 Å². The second-order valence-electron chi connectivity index (χ2n) is 8.03. The van der Waals surface area contributed by atoms with Gasteiger partial charge in [0.25, 0.3) is 0 Å². The number of rotatable bonds is 2. The highest BCUT2D eigenvalue weighted by Gasteiger charge is 2.43. The van der Waals surface area contributed by atoms with Crippen molar-refractivity contribution in [2.75, 3.05) is 0 Å². The van der Waals surface area contributed by atoms with Crippen LogP contribution in [-0.2, 0) is 4.74 Å². The number of phenols is 3. The largest absolute Gasteiger partial charge is 0.507 e. The fourth-order valence-electron chi connectivity index (χ4n) is 4.47. The number of fused-ring (bicyclic) bond motifs is 2. The molecular formula is C22H20O10. The summed E-state index contributed by atoms with van der Waals surface area (Å²) in [7, 11) is 0. The number of carboxylic acid groups (broad SMARTS) is 1. The predicted molar refractivity (Wildman–Crippen MR) is 106 cm³/mol. The van der Waals surface area contributed by atoms with E-state index in [2.05, 4.69) is 0 Å². The first-order valence-electron chi connectivity index (χ1n) is 9.75. The van der Waals surface area contributed by atoms with Crippen LogP contribution in [0.3, 0.4) is 0 Å². The highest BCUT2D eigenvalue weighted by Crippen LogP contribution is 2.46. The third-order valence-electron chi connectivity index (χ3n) is 5.97. The van der Waals surface area contributed by atoms with Gasteiger partial charge in [-0.25, -0.2) is 4.79 Å². The van der Waals surface area contributed by atoms with Crippen LogP contribution in [-0.4, -0.2) is 66.5 Å². The third-order valence-corrected chi connectivity index (χ3v) is 5.97. The molecule has 2 unspecified atom stereocenters. The van der Waals surface area contributed by atoms with E-state index in [1.807, 2.05) is 0 Å². The SMILES string of the molecule is Cc1c(C(=O)O)c(O)cc2c1C(=O)c1c(O)c([C@@H]3OC(C)C[C@@H](O)C3O)cc(O)c1C2=O. The molecule has 0 aromatic heterocycles. The van der Waals surface area contributed by atoms with E-state index in [9.17, 15) is 45.0 Å². The van der Waals surface area contributed by atoms with Crippen LogP contribution in [0.1, 0.15) is 72.8 Å². The molecule has 1 fully saturated rings. The topological polar surface area (TPSA) is 182 Å². The molecule has 1 saturated heterocycles. The molecule has 0 saturated carbocycles. The number of carboxylic acids is 1. The van der Waals surface area contributed by atoms with Gasteiger partial charge in [-0.05, 0) is 31.5 Å². The maximum absolute atomic E-state index is 13.3. The van der Waals surface area contributed by atoms with Gasteiger partial charge >= 0.3 is 5.97 Å². The van der Waals surface area contributed by atoms with Crippen molar-refractivity contribution in [1.29, 1.82) is 0 Å². The van der Waals surface area contributed by atoms with Gasteiger partial charge < -0.3 is 35.4 Å². The molecule has 0 amide bonds. The summed E-state index contributed by atoms with van der Waals surface area (Å²) < 4.78 is 5.62. The Morgan fingerprint density at radius 2 is 1.66 bits per heavy atom. The second-order valence-corrected chi connectivity index (χ2v) is 8.03. The number of ether oxygens (including phenoxy) is 1. The molecule has 4 atom stereocenters. The number of hydrogen-bond donors (Lipinski definition) is 6. The average molecular weight is 444 g/mol. The van der Waals surface area contributed by atoms with Crippen LogP contribution in [0, 0.1) is 6.92 Å². The summed E-state index contributed by atoms with van der Waals surface area (Å²) >= 11 is 0. The predicted octanol–water partition coefficient (Wildman–Crippen LogP) is 1.16. The Bertz CT molecular complexity index is 1200. The number of aliphatic hydroxyl groups excluding tert-OH is 2. The van der Waals surface area contributed by atoms with E-state index in [0.717, 1.165) is 12.1 Å². The van der Waals surface area contributed by atoms with Gasteiger partial charge in [0.1, 0.15) is 35.0 Å². The summed E-state index contributed by atoms with van der Waals surface area (Å²) in [6, 6.07) is 1.81. The van der Waals surface area contributed by atoms with E-state index >= 15 is 0 Å². The average Bonchev–Trinajstić information content (AvgIpc) is 2.69. The number of hydrogen-bond acceptors (Lipinski definition) is 9. The van der Waals surface area contributed by atoms with E-state index < -0.39 is 75.9 Å². The Kier molecular flexibility index (Phi) is 4.96. The molecule has 10 nitrogen and oxygen atoms in total. The summed E-state index contributed by atoms with van der Waals surface area (Å²) in [6.45, 7) is 2.87. The number of phenolic OH excluding ortho intramolecular Hbond substituents is 2. The first-order chi connectivity index (χ1) is 15.0. The Balaban J connectivity index is 1.96. The zero-order valence-electron chi connectivity index (χ0n) is 17.0. The molecule has 168 valence electrons. The standard InChI is InChI=1S/C22H20O10/c1-6-3-12(25)19(28)21(32-6)9-5-11(24)15-16(18(9)27)20(29)13-7(2)14(22(30)31)10(23)4-8(13)17(15)26/h4-6,12,19,21,23-25,27-28H,3H2,1-2H3,(H,30,31)/t6?,12-,19?,21+/m1/s1. The lowest BCUT2D eigenvalue weighted by molar-refractivity contribution is -0.166. The van der Waals surface area contributed by atoms with Crippen LogP contribution in [0.5, 0.6) is 17.2 Å². The molecule has 4 rings (SSSR count). The van der Waals surface area contributed by atoms with Gasteiger partial charge in [0.2, 0.25) is 0 Å². The van der Waals surface area contributed by atoms with Crippen LogP contribution in [0.2, 0.25) is 0 Å². The summed E-state index contributed by atoms with van der Waals surface area (Å²) in [5, 5.41) is 61.4. The lowest BCUT2D eigenvalue weighted by Crippen LogP contribution is -2.42. The number of ketones is 2. The van der Waals surface area contributed by atoms with E-state index in [1.54, 1.807) is 6.92 Å².